The van der Waals surface area contributed by atoms with E-state index in [0.29, 0.717) is 15.7 Å². The smallest absolute Gasteiger partial charge is 0.260 e. The molecule has 0 bridgehead atoms. The lowest BCUT2D eigenvalue weighted by molar-refractivity contribution is -0.117. The second-order valence-electron chi connectivity index (χ2n) is 5.87. The Hall–Kier alpha value is -1.73. The Morgan fingerprint density at radius 3 is 2.30 bits per heavy atom. The number of nitrogens with zero attached hydrogens (tertiary/aromatic N) is 1. The summed E-state index contributed by atoms with van der Waals surface area (Å²) in [6.45, 7) is 7.76. The minimum Gasteiger partial charge on any atom is -0.317 e. The van der Waals surface area contributed by atoms with E-state index in [2.05, 4.69) is 15.6 Å². The number of carbonyl (C=O) groups is 2. The second-order valence-corrected chi connectivity index (χ2v) is 8.29. The van der Waals surface area contributed by atoms with Crippen molar-refractivity contribution in [2.75, 3.05) is 10.6 Å². The fraction of sp³-hybridized carbons (Fsp3) is 0.438. The van der Waals surface area contributed by atoms with Gasteiger partial charge in [0.2, 0.25) is 5.91 Å². The number of thiazole rings is 1. The Bertz CT molecular complexity index is 768. The fourth-order valence-electron chi connectivity index (χ4n) is 2.23. The molecule has 1 aliphatic rings. The molecule has 2 aromatic heterocycles. The van der Waals surface area contributed by atoms with Crippen molar-refractivity contribution in [3.8, 4) is 0 Å². The lowest BCUT2D eigenvalue weighted by Gasteiger charge is -2.07. The number of aromatic nitrogens is 1. The molecule has 2 amide bonds. The minimum atomic E-state index is -0.216. The molecule has 122 valence electrons. The van der Waals surface area contributed by atoms with Crippen LogP contribution in [0.1, 0.15) is 44.2 Å². The summed E-state index contributed by atoms with van der Waals surface area (Å²) in [5.74, 6) is -0.0918. The second kappa shape index (κ2) is 6.05. The Morgan fingerprint density at radius 2 is 1.74 bits per heavy atom. The molecule has 0 radical (unpaired) electrons. The van der Waals surface area contributed by atoms with E-state index in [4.69, 9.17) is 0 Å². The van der Waals surface area contributed by atoms with Crippen LogP contribution >= 0.6 is 22.7 Å². The molecular weight excluding hydrogens is 330 g/mol. The van der Waals surface area contributed by atoms with Crippen LogP contribution in [0.5, 0.6) is 0 Å². The SMILES string of the molecule is Cc1nc(NC(=O)c2c(NC(=O)C3CC3)sc(C)c2C)sc1C. The number of amides is 2. The van der Waals surface area contributed by atoms with Crippen molar-refractivity contribution in [3.63, 3.8) is 0 Å². The molecule has 2 N–H and O–H groups in total. The molecular formula is C16H19N3O2S2. The maximum absolute atomic E-state index is 12.7. The molecule has 1 aliphatic carbocycles. The average molecular weight is 349 g/mol. The predicted molar refractivity (Wildman–Crippen MR) is 94.7 cm³/mol. The molecule has 0 aromatic carbocycles. The summed E-state index contributed by atoms with van der Waals surface area (Å²) in [4.78, 5) is 31.2. The van der Waals surface area contributed by atoms with E-state index in [0.717, 1.165) is 33.9 Å². The normalized spacial score (nSPS) is 13.9. The van der Waals surface area contributed by atoms with Gasteiger partial charge in [0.1, 0.15) is 5.00 Å². The number of carbonyl (C=O) groups excluding carboxylic acids is 2. The van der Waals surface area contributed by atoms with E-state index in [1.807, 2.05) is 27.7 Å². The molecule has 0 aliphatic heterocycles. The van der Waals surface area contributed by atoms with Crippen LogP contribution in [-0.2, 0) is 4.79 Å². The third-order valence-electron chi connectivity index (χ3n) is 4.05. The first-order valence-corrected chi connectivity index (χ1v) is 9.16. The molecule has 0 unspecified atom stereocenters. The molecule has 0 spiro atoms. The van der Waals surface area contributed by atoms with Crippen LogP contribution < -0.4 is 10.6 Å². The third kappa shape index (κ3) is 3.30. The van der Waals surface area contributed by atoms with Crippen molar-refractivity contribution in [1.82, 2.24) is 4.98 Å². The zero-order valence-corrected chi connectivity index (χ0v) is 15.2. The Morgan fingerprint density at radius 1 is 1.04 bits per heavy atom. The van der Waals surface area contributed by atoms with Gasteiger partial charge in [-0.2, -0.15) is 0 Å². The van der Waals surface area contributed by atoms with Gasteiger partial charge in [-0.15, -0.1) is 22.7 Å². The van der Waals surface area contributed by atoms with Crippen LogP contribution in [0.4, 0.5) is 10.1 Å². The maximum Gasteiger partial charge on any atom is 0.260 e. The zero-order chi connectivity index (χ0) is 16.7. The zero-order valence-electron chi connectivity index (χ0n) is 13.6. The Balaban J connectivity index is 1.84. The van der Waals surface area contributed by atoms with Crippen LogP contribution in [-0.4, -0.2) is 16.8 Å². The molecule has 2 aromatic rings. The van der Waals surface area contributed by atoms with Gasteiger partial charge in [0.15, 0.2) is 5.13 Å². The average Bonchev–Trinajstić information content (AvgIpc) is 3.21. The molecule has 0 atom stereocenters. The largest absolute Gasteiger partial charge is 0.317 e. The molecule has 5 nitrogen and oxygen atoms in total. The van der Waals surface area contributed by atoms with Gasteiger partial charge < -0.3 is 5.32 Å². The Kier molecular flexibility index (Phi) is 4.25. The number of thiophene rings is 1. The van der Waals surface area contributed by atoms with Crippen molar-refractivity contribution in [3.05, 3.63) is 26.6 Å². The number of anilines is 2. The monoisotopic (exact) mass is 349 g/mol. The lowest BCUT2D eigenvalue weighted by atomic mass is 10.1. The van der Waals surface area contributed by atoms with Crippen LogP contribution in [0.3, 0.4) is 0 Å². The minimum absolute atomic E-state index is 0.0150. The van der Waals surface area contributed by atoms with Crippen molar-refractivity contribution in [1.29, 1.82) is 0 Å². The predicted octanol–water partition coefficient (Wildman–Crippen LogP) is 4.04. The van der Waals surface area contributed by atoms with Gasteiger partial charge in [-0.1, -0.05) is 0 Å². The fourth-order valence-corrected chi connectivity index (χ4v) is 4.10. The summed E-state index contributed by atoms with van der Waals surface area (Å²) in [5.41, 5.74) is 2.38. The first-order chi connectivity index (χ1) is 10.9. The van der Waals surface area contributed by atoms with Gasteiger partial charge in [-0.25, -0.2) is 4.98 Å². The topological polar surface area (TPSA) is 71.1 Å². The highest BCUT2D eigenvalue weighted by molar-refractivity contribution is 7.17. The van der Waals surface area contributed by atoms with E-state index < -0.39 is 0 Å². The third-order valence-corrected chi connectivity index (χ3v) is 6.16. The summed E-state index contributed by atoms with van der Waals surface area (Å²) >= 11 is 2.91. The molecule has 2 heterocycles. The van der Waals surface area contributed by atoms with Gasteiger partial charge in [0, 0.05) is 15.7 Å². The number of hydrogen-bond acceptors (Lipinski definition) is 5. The van der Waals surface area contributed by atoms with Gasteiger partial charge >= 0.3 is 0 Å². The highest BCUT2D eigenvalue weighted by Crippen LogP contribution is 2.36. The molecule has 1 fully saturated rings. The maximum atomic E-state index is 12.7. The summed E-state index contributed by atoms with van der Waals surface area (Å²) in [7, 11) is 0. The number of nitrogens with one attached hydrogen (secondary N) is 2. The highest BCUT2D eigenvalue weighted by atomic mass is 32.1. The number of rotatable bonds is 4. The van der Waals surface area contributed by atoms with Gasteiger partial charge in [-0.3, -0.25) is 14.9 Å². The van der Waals surface area contributed by atoms with E-state index >= 15 is 0 Å². The van der Waals surface area contributed by atoms with Crippen molar-refractivity contribution in [2.45, 2.75) is 40.5 Å². The van der Waals surface area contributed by atoms with Gasteiger partial charge in [-0.05, 0) is 46.1 Å². The van der Waals surface area contributed by atoms with E-state index in [1.165, 1.54) is 22.7 Å². The van der Waals surface area contributed by atoms with Crippen LogP contribution in [0.2, 0.25) is 0 Å². The molecule has 3 rings (SSSR count). The van der Waals surface area contributed by atoms with Crippen LogP contribution in [0.15, 0.2) is 0 Å². The van der Waals surface area contributed by atoms with Crippen molar-refractivity contribution in [2.24, 2.45) is 5.92 Å². The van der Waals surface area contributed by atoms with Gasteiger partial charge in [0.05, 0.1) is 11.3 Å². The summed E-state index contributed by atoms with van der Waals surface area (Å²) in [6, 6.07) is 0. The lowest BCUT2D eigenvalue weighted by Crippen LogP contribution is -2.18. The number of aryl methyl sites for hydroxylation is 3. The summed E-state index contributed by atoms with van der Waals surface area (Å²) in [5, 5.41) is 7.00. The van der Waals surface area contributed by atoms with E-state index in [-0.39, 0.29) is 17.7 Å². The van der Waals surface area contributed by atoms with Gasteiger partial charge in [0.25, 0.3) is 5.91 Å². The Labute approximate surface area is 143 Å². The standard InChI is InChI=1S/C16H19N3O2S2/c1-7-9(3)22-15(18-13(20)11-5-6-11)12(7)14(21)19-16-17-8(2)10(4)23-16/h11H,5-6H2,1-4H3,(H,18,20)(H,17,19,21). The molecule has 0 saturated heterocycles. The van der Waals surface area contributed by atoms with Crippen LogP contribution in [0.25, 0.3) is 0 Å². The summed E-state index contributed by atoms with van der Waals surface area (Å²) in [6.07, 6.45) is 1.88. The van der Waals surface area contributed by atoms with Crippen molar-refractivity contribution >= 4 is 44.6 Å². The highest BCUT2D eigenvalue weighted by Gasteiger charge is 2.31. The van der Waals surface area contributed by atoms with E-state index in [1.54, 1.807) is 0 Å². The molecule has 23 heavy (non-hydrogen) atoms. The van der Waals surface area contributed by atoms with Crippen molar-refractivity contribution < 1.29 is 9.59 Å². The first kappa shape index (κ1) is 16.1. The summed E-state index contributed by atoms with van der Waals surface area (Å²) < 4.78 is 0. The van der Waals surface area contributed by atoms with Crippen LogP contribution in [0, 0.1) is 33.6 Å². The number of hydrogen-bond donors (Lipinski definition) is 2. The molecule has 7 heteroatoms. The van der Waals surface area contributed by atoms with E-state index in [9.17, 15) is 9.59 Å². The first-order valence-electron chi connectivity index (χ1n) is 7.53. The quantitative estimate of drug-likeness (QED) is 0.875. The molecule has 1 saturated carbocycles.